The summed E-state index contributed by atoms with van der Waals surface area (Å²) in [4.78, 5) is 21.3. The van der Waals surface area contributed by atoms with Crippen molar-refractivity contribution in [3.63, 3.8) is 0 Å². The van der Waals surface area contributed by atoms with Gasteiger partial charge in [-0.1, -0.05) is 23.2 Å². The molecule has 3 heterocycles. The van der Waals surface area contributed by atoms with Gasteiger partial charge in [0.1, 0.15) is 6.61 Å². The SMILES string of the molecule is C[C@@H]1Cc2[nH]c3c(Cl)c(Cl)cc(-c4ccncc4)c3c2CN1C(=O)CO. The molecule has 0 saturated heterocycles. The average molecular weight is 390 g/mol. The molecule has 1 atom stereocenters. The lowest BCUT2D eigenvalue weighted by atomic mass is 9.94. The molecule has 0 radical (unpaired) electrons. The van der Waals surface area contributed by atoms with Crippen molar-refractivity contribution in [2.75, 3.05) is 6.61 Å². The van der Waals surface area contributed by atoms with E-state index in [0.717, 1.165) is 33.3 Å². The fourth-order valence-electron chi connectivity index (χ4n) is 3.70. The average Bonchev–Trinajstić information content (AvgIpc) is 3.02. The van der Waals surface area contributed by atoms with E-state index in [9.17, 15) is 9.90 Å². The summed E-state index contributed by atoms with van der Waals surface area (Å²) in [5, 5.41) is 11.2. The molecule has 3 aromatic rings. The van der Waals surface area contributed by atoms with E-state index in [4.69, 9.17) is 23.2 Å². The fraction of sp³-hybridized carbons (Fsp3) is 0.263. The van der Waals surface area contributed by atoms with Crippen molar-refractivity contribution in [2.24, 2.45) is 0 Å². The molecular weight excluding hydrogens is 373 g/mol. The van der Waals surface area contributed by atoms with E-state index in [-0.39, 0.29) is 11.9 Å². The Kier molecular flexibility index (Phi) is 4.39. The van der Waals surface area contributed by atoms with Gasteiger partial charge in [0.05, 0.1) is 15.6 Å². The number of hydrogen-bond donors (Lipinski definition) is 2. The van der Waals surface area contributed by atoms with Crippen LogP contribution >= 0.6 is 23.2 Å². The number of H-pyrrole nitrogens is 1. The summed E-state index contributed by atoms with van der Waals surface area (Å²) in [6.45, 7) is 1.90. The molecule has 0 unspecified atom stereocenters. The number of hydrogen-bond acceptors (Lipinski definition) is 3. The van der Waals surface area contributed by atoms with Gasteiger partial charge in [-0.05, 0) is 36.2 Å². The number of carbonyl (C=O) groups excluding carboxylic acids is 1. The van der Waals surface area contributed by atoms with Crippen molar-refractivity contribution >= 4 is 40.0 Å². The molecule has 1 aliphatic heterocycles. The Bertz CT molecular complexity index is 1000. The molecule has 5 nitrogen and oxygen atoms in total. The summed E-state index contributed by atoms with van der Waals surface area (Å²) in [6, 6.07) is 5.68. The number of carbonyl (C=O) groups is 1. The van der Waals surface area contributed by atoms with Gasteiger partial charge in [-0.2, -0.15) is 0 Å². The zero-order valence-corrected chi connectivity index (χ0v) is 15.6. The highest BCUT2D eigenvalue weighted by molar-refractivity contribution is 6.45. The molecule has 2 N–H and O–H groups in total. The summed E-state index contributed by atoms with van der Waals surface area (Å²) < 4.78 is 0. The Morgan fingerprint density at radius 1 is 1.38 bits per heavy atom. The van der Waals surface area contributed by atoms with Crippen LogP contribution in [0.15, 0.2) is 30.6 Å². The van der Waals surface area contributed by atoms with Crippen molar-refractivity contribution in [2.45, 2.75) is 25.9 Å². The maximum Gasteiger partial charge on any atom is 0.248 e. The van der Waals surface area contributed by atoms with Crippen LogP contribution in [0.4, 0.5) is 0 Å². The minimum Gasteiger partial charge on any atom is -0.387 e. The minimum atomic E-state index is -0.494. The monoisotopic (exact) mass is 389 g/mol. The number of amides is 1. The highest BCUT2D eigenvalue weighted by Gasteiger charge is 2.30. The number of nitrogens with one attached hydrogen (secondary N) is 1. The van der Waals surface area contributed by atoms with Crippen LogP contribution in [0.2, 0.25) is 10.0 Å². The number of aliphatic hydroxyl groups is 1. The van der Waals surface area contributed by atoms with Crippen molar-refractivity contribution in [3.05, 3.63) is 51.9 Å². The van der Waals surface area contributed by atoms with Gasteiger partial charge in [0.15, 0.2) is 0 Å². The van der Waals surface area contributed by atoms with Gasteiger partial charge in [-0.15, -0.1) is 0 Å². The van der Waals surface area contributed by atoms with E-state index in [1.807, 2.05) is 25.1 Å². The highest BCUT2D eigenvalue weighted by Crippen LogP contribution is 2.42. The van der Waals surface area contributed by atoms with Gasteiger partial charge < -0.3 is 15.0 Å². The lowest BCUT2D eigenvalue weighted by Gasteiger charge is -2.33. The smallest absolute Gasteiger partial charge is 0.248 e. The molecule has 1 aromatic carbocycles. The number of benzene rings is 1. The first kappa shape index (κ1) is 17.3. The molecule has 1 amide bonds. The Labute approximate surface area is 160 Å². The van der Waals surface area contributed by atoms with Gasteiger partial charge >= 0.3 is 0 Å². The summed E-state index contributed by atoms with van der Waals surface area (Å²) in [6.07, 6.45) is 4.12. The second kappa shape index (κ2) is 6.58. The predicted molar refractivity (Wildman–Crippen MR) is 102 cm³/mol. The Balaban J connectivity index is 1.98. The van der Waals surface area contributed by atoms with E-state index in [1.54, 1.807) is 17.3 Å². The van der Waals surface area contributed by atoms with E-state index >= 15 is 0 Å². The van der Waals surface area contributed by atoms with E-state index in [2.05, 4.69) is 9.97 Å². The topological polar surface area (TPSA) is 69.2 Å². The summed E-state index contributed by atoms with van der Waals surface area (Å²) in [7, 11) is 0. The molecular formula is C19H17Cl2N3O2. The van der Waals surface area contributed by atoms with Crippen molar-refractivity contribution in [1.82, 2.24) is 14.9 Å². The summed E-state index contributed by atoms with van der Waals surface area (Å²) >= 11 is 12.8. The number of aliphatic hydroxyl groups excluding tert-OH is 1. The number of halogens is 2. The number of aromatic amines is 1. The van der Waals surface area contributed by atoms with Gasteiger partial charge in [0.25, 0.3) is 0 Å². The van der Waals surface area contributed by atoms with Crippen molar-refractivity contribution in [3.8, 4) is 11.1 Å². The molecule has 0 fully saturated rings. The van der Waals surface area contributed by atoms with Crippen LogP contribution in [-0.2, 0) is 17.8 Å². The fourth-order valence-corrected chi connectivity index (χ4v) is 4.10. The molecule has 26 heavy (non-hydrogen) atoms. The molecule has 0 spiro atoms. The Morgan fingerprint density at radius 3 is 2.81 bits per heavy atom. The van der Waals surface area contributed by atoms with Crippen molar-refractivity contribution < 1.29 is 9.90 Å². The third-order valence-electron chi connectivity index (χ3n) is 4.97. The zero-order valence-electron chi connectivity index (χ0n) is 14.1. The minimum absolute atomic E-state index is 0.00571. The highest BCUT2D eigenvalue weighted by atomic mass is 35.5. The normalized spacial score (nSPS) is 16.8. The Hall–Kier alpha value is -2.08. The number of rotatable bonds is 2. The third kappa shape index (κ3) is 2.67. The maximum atomic E-state index is 12.1. The molecule has 0 bridgehead atoms. The van der Waals surface area contributed by atoms with E-state index < -0.39 is 6.61 Å². The summed E-state index contributed by atoms with van der Waals surface area (Å²) in [5.74, 6) is -0.275. The lowest BCUT2D eigenvalue weighted by molar-refractivity contribution is -0.137. The first-order valence-corrected chi connectivity index (χ1v) is 9.09. The molecule has 134 valence electrons. The maximum absolute atomic E-state index is 12.1. The largest absolute Gasteiger partial charge is 0.387 e. The Morgan fingerprint density at radius 2 is 2.12 bits per heavy atom. The number of fused-ring (bicyclic) bond motifs is 3. The first-order valence-electron chi connectivity index (χ1n) is 8.33. The number of nitrogens with zero attached hydrogens (tertiary/aromatic N) is 2. The standard InChI is InChI=1S/C19H17Cl2N3O2/c1-10-6-15-13(8-24(10)16(26)9-25)17-12(11-2-4-22-5-3-11)7-14(20)18(21)19(17)23-15/h2-5,7,10,23,25H,6,8-9H2,1H3/t10-/m1/s1. The van der Waals surface area contributed by atoms with Crippen LogP contribution in [0.5, 0.6) is 0 Å². The molecule has 2 aromatic heterocycles. The van der Waals surface area contributed by atoms with Crippen LogP contribution in [0.1, 0.15) is 18.2 Å². The second-order valence-corrected chi connectivity index (χ2v) is 7.31. The predicted octanol–water partition coefficient (Wildman–Crippen LogP) is 3.80. The second-order valence-electron chi connectivity index (χ2n) is 6.52. The summed E-state index contributed by atoms with van der Waals surface area (Å²) in [5.41, 5.74) is 4.77. The van der Waals surface area contributed by atoms with Gasteiger partial charge in [-0.3, -0.25) is 9.78 Å². The van der Waals surface area contributed by atoms with Crippen molar-refractivity contribution in [1.29, 1.82) is 0 Å². The van der Waals surface area contributed by atoms with Crippen LogP contribution in [0.25, 0.3) is 22.0 Å². The van der Waals surface area contributed by atoms with Crippen LogP contribution in [0, 0.1) is 0 Å². The molecule has 0 saturated carbocycles. The quantitative estimate of drug-likeness (QED) is 0.699. The lowest BCUT2D eigenvalue weighted by Crippen LogP contribution is -2.43. The molecule has 1 aliphatic rings. The van der Waals surface area contributed by atoms with Crippen LogP contribution in [0.3, 0.4) is 0 Å². The molecule has 4 rings (SSSR count). The zero-order chi connectivity index (χ0) is 18.4. The van der Waals surface area contributed by atoms with Crippen LogP contribution < -0.4 is 0 Å². The molecule has 7 heteroatoms. The number of aromatic nitrogens is 2. The van der Waals surface area contributed by atoms with Gasteiger partial charge in [-0.25, -0.2) is 0 Å². The van der Waals surface area contributed by atoms with E-state index in [1.165, 1.54) is 0 Å². The third-order valence-corrected chi connectivity index (χ3v) is 5.76. The van der Waals surface area contributed by atoms with Gasteiger partial charge in [0.2, 0.25) is 5.91 Å². The first-order chi connectivity index (χ1) is 12.5. The van der Waals surface area contributed by atoms with Crippen LogP contribution in [-0.4, -0.2) is 38.5 Å². The molecule has 0 aliphatic carbocycles. The number of pyridine rings is 1. The van der Waals surface area contributed by atoms with E-state index in [0.29, 0.717) is 23.0 Å². The van der Waals surface area contributed by atoms with Gasteiger partial charge in [0, 0.05) is 48.0 Å².